The fourth-order valence-corrected chi connectivity index (χ4v) is 4.56. The van der Waals surface area contributed by atoms with Gasteiger partial charge in [0.25, 0.3) is 0 Å². The third-order valence-electron chi connectivity index (χ3n) is 5.05. The lowest BCUT2D eigenvalue weighted by Gasteiger charge is -2.21. The fraction of sp³-hybridized carbons (Fsp3) is 0.632. The van der Waals surface area contributed by atoms with Crippen molar-refractivity contribution in [3.63, 3.8) is 0 Å². The molecule has 25 heavy (non-hydrogen) atoms. The highest BCUT2D eigenvalue weighted by molar-refractivity contribution is 7.89. The predicted octanol–water partition coefficient (Wildman–Crippen LogP) is 4.01. The van der Waals surface area contributed by atoms with Crippen LogP contribution in [0.4, 0.5) is 5.69 Å². The number of benzene rings is 1. The van der Waals surface area contributed by atoms with E-state index in [9.17, 15) is 13.2 Å². The number of nitrogens with zero attached hydrogens (tertiary/aromatic N) is 1. The van der Waals surface area contributed by atoms with Gasteiger partial charge in [-0.15, -0.1) is 0 Å². The third kappa shape index (κ3) is 5.54. The Hall–Kier alpha value is -1.40. The molecule has 1 aliphatic carbocycles. The fourth-order valence-electron chi connectivity index (χ4n) is 3.19. The molecule has 0 heterocycles. The molecule has 140 valence electrons. The molecule has 0 unspecified atom stereocenters. The molecule has 0 radical (unpaired) electrons. The van der Waals surface area contributed by atoms with Crippen LogP contribution >= 0.6 is 0 Å². The van der Waals surface area contributed by atoms with Crippen LogP contribution in [0.25, 0.3) is 0 Å². The number of carbonyl (C=O) groups is 1. The summed E-state index contributed by atoms with van der Waals surface area (Å²) in [5.41, 5.74) is 0.639. The molecular formula is C19H30N2O3S. The number of anilines is 1. The first kappa shape index (κ1) is 19.9. The monoisotopic (exact) mass is 366 g/mol. The van der Waals surface area contributed by atoms with E-state index in [0.717, 1.165) is 6.42 Å². The van der Waals surface area contributed by atoms with Crippen molar-refractivity contribution >= 4 is 21.6 Å². The van der Waals surface area contributed by atoms with E-state index in [0.29, 0.717) is 18.0 Å². The van der Waals surface area contributed by atoms with Gasteiger partial charge in [-0.05, 0) is 50.5 Å². The Labute approximate surface area is 151 Å². The zero-order chi connectivity index (χ0) is 18.4. The lowest BCUT2D eigenvalue weighted by atomic mass is 9.86. The first-order chi connectivity index (χ1) is 11.8. The van der Waals surface area contributed by atoms with Gasteiger partial charge >= 0.3 is 0 Å². The van der Waals surface area contributed by atoms with Crippen molar-refractivity contribution in [1.82, 2.24) is 4.31 Å². The summed E-state index contributed by atoms with van der Waals surface area (Å²) in [6, 6.07) is 6.29. The molecule has 0 bridgehead atoms. The van der Waals surface area contributed by atoms with Gasteiger partial charge in [0.2, 0.25) is 15.9 Å². The summed E-state index contributed by atoms with van der Waals surface area (Å²) in [6.45, 7) is 3.66. The van der Waals surface area contributed by atoms with Crippen molar-refractivity contribution in [3.05, 3.63) is 24.3 Å². The molecule has 1 aromatic carbocycles. The molecule has 0 aromatic heterocycles. The minimum atomic E-state index is -3.49. The highest BCUT2D eigenvalue weighted by Crippen LogP contribution is 2.27. The number of nitrogens with one attached hydrogen (secondary N) is 1. The maximum atomic E-state index is 12.4. The summed E-state index contributed by atoms with van der Waals surface area (Å²) < 4.78 is 26.2. The average molecular weight is 367 g/mol. The number of amides is 1. The van der Waals surface area contributed by atoms with Crippen LogP contribution in [0.2, 0.25) is 0 Å². The van der Waals surface area contributed by atoms with E-state index in [1.807, 2.05) is 13.8 Å². The molecule has 1 aromatic rings. The van der Waals surface area contributed by atoms with Crippen LogP contribution in [0.15, 0.2) is 29.2 Å². The second-order valence-electron chi connectivity index (χ2n) is 7.23. The number of sulfonamides is 1. The first-order valence-corrected chi connectivity index (χ1v) is 10.6. The van der Waals surface area contributed by atoms with Crippen molar-refractivity contribution in [3.8, 4) is 0 Å². The molecule has 0 saturated heterocycles. The van der Waals surface area contributed by atoms with Crippen molar-refractivity contribution in [2.45, 2.75) is 69.7 Å². The van der Waals surface area contributed by atoms with Crippen LogP contribution in [0.1, 0.15) is 58.8 Å². The van der Waals surface area contributed by atoms with Gasteiger partial charge in [0.1, 0.15) is 0 Å². The van der Waals surface area contributed by atoms with E-state index in [1.54, 1.807) is 31.3 Å². The molecule has 2 rings (SSSR count). The van der Waals surface area contributed by atoms with E-state index in [-0.39, 0.29) is 16.8 Å². The maximum Gasteiger partial charge on any atom is 0.243 e. The van der Waals surface area contributed by atoms with Crippen molar-refractivity contribution in [2.24, 2.45) is 5.92 Å². The summed E-state index contributed by atoms with van der Waals surface area (Å²) >= 11 is 0. The second kappa shape index (κ2) is 8.81. The molecule has 1 N–H and O–H groups in total. The van der Waals surface area contributed by atoms with Gasteiger partial charge in [0, 0.05) is 25.2 Å². The summed E-state index contributed by atoms with van der Waals surface area (Å²) in [5, 5.41) is 2.86. The molecule has 5 nitrogen and oxygen atoms in total. The SMILES string of the molecule is CC(C)N(C)S(=O)(=O)c1ccc(NC(=O)CCC2CCCCC2)cc1. The van der Waals surface area contributed by atoms with Gasteiger partial charge in [-0.3, -0.25) is 4.79 Å². The summed E-state index contributed by atoms with van der Waals surface area (Å²) in [5.74, 6) is 0.680. The Morgan fingerprint density at radius 2 is 1.76 bits per heavy atom. The van der Waals surface area contributed by atoms with E-state index in [2.05, 4.69) is 5.32 Å². The minimum Gasteiger partial charge on any atom is -0.326 e. The summed E-state index contributed by atoms with van der Waals surface area (Å²) in [7, 11) is -1.92. The Morgan fingerprint density at radius 3 is 2.32 bits per heavy atom. The highest BCUT2D eigenvalue weighted by Gasteiger charge is 2.23. The van der Waals surface area contributed by atoms with Gasteiger partial charge in [-0.2, -0.15) is 4.31 Å². The molecule has 6 heteroatoms. The van der Waals surface area contributed by atoms with Crippen LogP contribution in [-0.4, -0.2) is 31.7 Å². The van der Waals surface area contributed by atoms with Crippen molar-refractivity contribution < 1.29 is 13.2 Å². The number of hydrogen-bond donors (Lipinski definition) is 1. The topological polar surface area (TPSA) is 66.5 Å². The zero-order valence-electron chi connectivity index (χ0n) is 15.5. The van der Waals surface area contributed by atoms with E-state index >= 15 is 0 Å². The Balaban J connectivity index is 1.90. The molecule has 0 aliphatic heterocycles. The second-order valence-corrected chi connectivity index (χ2v) is 9.23. The number of carbonyl (C=O) groups excluding carboxylic acids is 1. The number of hydrogen-bond acceptors (Lipinski definition) is 3. The zero-order valence-corrected chi connectivity index (χ0v) is 16.3. The van der Waals surface area contributed by atoms with Crippen molar-refractivity contribution in [2.75, 3.05) is 12.4 Å². The predicted molar refractivity (Wildman–Crippen MR) is 101 cm³/mol. The lowest BCUT2D eigenvalue weighted by molar-refractivity contribution is -0.116. The Morgan fingerprint density at radius 1 is 1.16 bits per heavy atom. The Bertz CT molecular complexity index is 662. The average Bonchev–Trinajstić information content (AvgIpc) is 2.60. The molecule has 1 saturated carbocycles. The molecular weight excluding hydrogens is 336 g/mol. The van der Waals surface area contributed by atoms with E-state index < -0.39 is 10.0 Å². The third-order valence-corrected chi connectivity index (χ3v) is 7.09. The van der Waals surface area contributed by atoms with Gasteiger partial charge < -0.3 is 5.32 Å². The maximum absolute atomic E-state index is 12.4. The summed E-state index contributed by atoms with van der Waals surface area (Å²) in [4.78, 5) is 12.3. The quantitative estimate of drug-likeness (QED) is 0.793. The van der Waals surface area contributed by atoms with Crippen molar-refractivity contribution in [1.29, 1.82) is 0 Å². The molecule has 1 aliphatic rings. The molecule has 0 atom stereocenters. The summed E-state index contributed by atoms with van der Waals surface area (Å²) in [6.07, 6.45) is 7.84. The smallest absolute Gasteiger partial charge is 0.243 e. The Kier molecular flexibility index (Phi) is 7.02. The van der Waals surface area contributed by atoms with Gasteiger partial charge in [-0.1, -0.05) is 32.1 Å². The van der Waals surface area contributed by atoms with E-state index in [4.69, 9.17) is 0 Å². The lowest BCUT2D eigenvalue weighted by Crippen LogP contribution is -2.33. The van der Waals surface area contributed by atoms with Crippen LogP contribution in [0.5, 0.6) is 0 Å². The van der Waals surface area contributed by atoms with Crippen LogP contribution in [0, 0.1) is 5.92 Å². The molecule has 1 fully saturated rings. The van der Waals surface area contributed by atoms with Crippen LogP contribution in [-0.2, 0) is 14.8 Å². The van der Waals surface area contributed by atoms with Gasteiger partial charge in [-0.25, -0.2) is 8.42 Å². The van der Waals surface area contributed by atoms with Crippen LogP contribution < -0.4 is 5.32 Å². The standard InChI is InChI=1S/C19H30N2O3S/c1-15(2)21(3)25(23,24)18-12-10-17(11-13-18)20-19(22)14-9-16-7-5-4-6-8-16/h10-13,15-16H,4-9,14H2,1-3H3,(H,20,22). The highest BCUT2D eigenvalue weighted by atomic mass is 32.2. The largest absolute Gasteiger partial charge is 0.326 e. The van der Waals surface area contributed by atoms with E-state index in [1.165, 1.54) is 36.4 Å². The normalized spacial score (nSPS) is 16.4. The molecule has 0 spiro atoms. The van der Waals surface area contributed by atoms with Gasteiger partial charge in [0.15, 0.2) is 0 Å². The minimum absolute atomic E-state index is 0.000444. The molecule has 1 amide bonds. The first-order valence-electron chi connectivity index (χ1n) is 9.18. The van der Waals surface area contributed by atoms with Crippen LogP contribution in [0.3, 0.4) is 0 Å². The number of rotatable bonds is 7. The van der Waals surface area contributed by atoms with Gasteiger partial charge in [0.05, 0.1) is 4.90 Å².